The van der Waals surface area contributed by atoms with Crippen LogP contribution < -0.4 is 3.58 Å². The van der Waals surface area contributed by atoms with E-state index in [2.05, 4.69) is 24.3 Å². The van der Waals surface area contributed by atoms with Gasteiger partial charge in [0.15, 0.2) is 0 Å². The molecule has 11 heavy (non-hydrogen) atoms. The molecular formula is C6H8O3PSn. The first kappa shape index (κ1) is 11.2. The molecule has 0 amide bonds. The molecule has 0 aliphatic carbocycles. The van der Waals surface area contributed by atoms with Gasteiger partial charge in [-0.25, -0.2) is 0 Å². The predicted molar refractivity (Wildman–Crippen MR) is 45.3 cm³/mol. The fourth-order valence-electron chi connectivity index (χ4n) is 0.438. The third-order valence-electron chi connectivity index (χ3n) is 0.774. The van der Waals surface area contributed by atoms with E-state index in [-0.39, 0.29) is 0 Å². The summed E-state index contributed by atoms with van der Waals surface area (Å²) in [6.45, 7) is 0. The number of benzene rings is 1. The van der Waals surface area contributed by atoms with Crippen molar-refractivity contribution < 1.29 is 14.4 Å². The van der Waals surface area contributed by atoms with Crippen LogP contribution in [0.15, 0.2) is 30.3 Å². The Bertz CT molecular complexity index is 210. The summed E-state index contributed by atoms with van der Waals surface area (Å²) in [5.74, 6) is 0. The monoisotopic (exact) mass is 279 g/mol. The molecule has 0 aromatic heterocycles. The van der Waals surface area contributed by atoms with Crippen LogP contribution in [0, 0.1) is 0 Å². The molecule has 0 bridgehead atoms. The fourth-order valence-corrected chi connectivity index (χ4v) is 0.987. The van der Waals surface area contributed by atoms with Crippen LogP contribution in [0.25, 0.3) is 0 Å². The molecular weight excluding hydrogens is 270 g/mol. The maximum atomic E-state index is 8.74. The van der Waals surface area contributed by atoms with Crippen LogP contribution in [0.3, 0.4) is 0 Å². The number of rotatable bonds is 0. The van der Waals surface area contributed by atoms with Gasteiger partial charge in [0.25, 0.3) is 0 Å². The van der Waals surface area contributed by atoms with Gasteiger partial charge in [-0.05, 0) is 0 Å². The Morgan fingerprint density at radius 2 is 1.55 bits per heavy atom. The van der Waals surface area contributed by atoms with E-state index in [9.17, 15) is 0 Å². The molecule has 0 spiro atoms. The van der Waals surface area contributed by atoms with Crippen molar-refractivity contribution in [3.8, 4) is 0 Å². The first-order valence-electron chi connectivity index (χ1n) is 2.81. The molecule has 1 aromatic rings. The molecule has 0 atom stereocenters. The van der Waals surface area contributed by atoms with E-state index < -0.39 is 8.25 Å². The summed E-state index contributed by atoms with van der Waals surface area (Å²) in [7, 11) is -3.13. The van der Waals surface area contributed by atoms with E-state index in [0.29, 0.717) is 0 Å². The third-order valence-corrected chi connectivity index (χ3v) is 1.73. The summed E-state index contributed by atoms with van der Waals surface area (Å²) in [6.07, 6.45) is 0. The van der Waals surface area contributed by atoms with Crippen LogP contribution in [0.4, 0.5) is 0 Å². The van der Waals surface area contributed by atoms with Gasteiger partial charge in [0.05, 0.1) is 0 Å². The third kappa shape index (κ3) is 10.2. The molecule has 0 fully saturated rings. The van der Waals surface area contributed by atoms with E-state index >= 15 is 0 Å². The van der Waals surface area contributed by atoms with Crippen molar-refractivity contribution in [3.63, 3.8) is 0 Å². The van der Waals surface area contributed by atoms with Crippen molar-refractivity contribution in [1.29, 1.82) is 0 Å². The molecule has 59 valence electrons. The van der Waals surface area contributed by atoms with Gasteiger partial charge in [-0.1, -0.05) is 0 Å². The minimum atomic E-state index is -3.13. The second-order valence-corrected chi connectivity index (χ2v) is 3.86. The minimum absolute atomic E-state index is 1.41. The van der Waals surface area contributed by atoms with E-state index in [1.807, 2.05) is 6.07 Å². The SMILES string of the molecule is O=[PH](O)O.[Sn][c]1ccccc1. The van der Waals surface area contributed by atoms with Crippen molar-refractivity contribution >= 4 is 34.4 Å². The molecule has 5 heteroatoms. The Morgan fingerprint density at radius 3 is 1.73 bits per heavy atom. The van der Waals surface area contributed by atoms with E-state index in [0.717, 1.165) is 0 Å². The molecule has 0 aliphatic rings. The summed E-state index contributed by atoms with van der Waals surface area (Å²) in [4.78, 5) is 14.3. The summed E-state index contributed by atoms with van der Waals surface area (Å²) in [6, 6.07) is 10.4. The van der Waals surface area contributed by atoms with E-state index in [4.69, 9.17) is 14.4 Å². The van der Waals surface area contributed by atoms with Crippen molar-refractivity contribution in [2.75, 3.05) is 0 Å². The Labute approximate surface area is 79.1 Å². The van der Waals surface area contributed by atoms with Gasteiger partial charge < -0.3 is 9.79 Å². The molecule has 0 aliphatic heterocycles. The number of hydrogen-bond donors (Lipinski definition) is 2. The summed E-state index contributed by atoms with van der Waals surface area (Å²) >= 11 is 1.49. The van der Waals surface area contributed by atoms with E-state index in [1.54, 1.807) is 0 Å². The zero-order chi connectivity index (χ0) is 8.69. The standard InChI is InChI=1S/C6H5.H3O3P.Sn/c1-2-4-6-5-3-1;1-4(2)3;/h1-5H;4H,(H2,1,2,3);. The van der Waals surface area contributed by atoms with Gasteiger partial charge in [0.2, 0.25) is 0 Å². The summed E-state index contributed by atoms with van der Waals surface area (Å²) < 4.78 is 10.2. The van der Waals surface area contributed by atoms with Gasteiger partial charge in [-0.15, -0.1) is 0 Å². The van der Waals surface area contributed by atoms with Crippen LogP contribution in [0.5, 0.6) is 0 Å². The molecule has 0 saturated carbocycles. The Hall–Kier alpha value is 0.169. The Morgan fingerprint density at radius 1 is 1.18 bits per heavy atom. The quantitative estimate of drug-likeness (QED) is 0.512. The van der Waals surface area contributed by atoms with Crippen LogP contribution in [0.1, 0.15) is 0 Å². The Kier molecular flexibility index (Phi) is 6.96. The molecule has 0 heterocycles. The summed E-state index contributed by atoms with van der Waals surface area (Å²) in [5, 5.41) is 0. The fraction of sp³-hybridized carbons (Fsp3) is 0. The van der Waals surface area contributed by atoms with Gasteiger partial charge in [-0.3, -0.25) is 4.57 Å². The Balaban J connectivity index is 0.000000218. The predicted octanol–water partition coefficient (Wildman–Crippen LogP) is -0.159. The van der Waals surface area contributed by atoms with Crippen LogP contribution in [0.2, 0.25) is 0 Å². The first-order valence-corrected chi connectivity index (χ1v) is 5.54. The van der Waals surface area contributed by atoms with Gasteiger partial charge in [-0.2, -0.15) is 0 Å². The van der Waals surface area contributed by atoms with Crippen LogP contribution in [-0.4, -0.2) is 32.3 Å². The van der Waals surface area contributed by atoms with Gasteiger partial charge in [0.1, 0.15) is 0 Å². The first-order chi connectivity index (χ1) is 5.13. The van der Waals surface area contributed by atoms with Gasteiger partial charge in [0, 0.05) is 0 Å². The summed E-state index contributed by atoms with van der Waals surface area (Å²) in [5.41, 5.74) is 0. The van der Waals surface area contributed by atoms with Crippen LogP contribution >= 0.6 is 8.25 Å². The molecule has 0 unspecified atom stereocenters. The molecule has 3 nitrogen and oxygen atoms in total. The average molecular weight is 278 g/mol. The average Bonchev–Trinajstić information content (AvgIpc) is 1.87. The molecule has 1 aromatic carbocycles. The van der Waals surface area contributed by atoms with Crippen molar-refractivity contribution in [3.05, 3.63) is 30.3 Å². The van der Waals surface area contributed by atoms with Crippen molar-refractivity contribution in [2.45, 2.75) is 0 Å². The maximum absolute atomic E-state index is 8.74. The second-order valence-electron chi connectivity index (χ2n) is 1.65. The van der Waals surface area contributed by atoms with E-state index in [1.165, 1.54) is 26.1 Å². The zero-order valence-corrected chi connectivity index (χ0v) is 9.54. The second kappa shape index (κ2) is 6.85. The number of hydrogen-bond acceptors (Lipinski definition) is 1. The molecule has 3 radical (unpaired) electrons. The topological polar surface area (TPSA) is 57.5 Å². The van der Waals surface area contributed by atoms with Crippen LogP contribution in [-0.2, 0) is 4.57 Å². The molecule has 0 saturated heterocycles. The van der Waals surface area contributed by atoms with Crippen molar-refractivity contribution in [1.82, 2.24) is 0 Å². The molecule has 2 N–H and O–H groups in total. The molecule has 1 rings (SSSR count). The normalized spacial score (nSPS) is 8.73. The van der Waals surface area contributed by atoms with Gasteiger partial charge >= 0.3 is 64.7 Å². The zero-order valence-electron chi connectivity index (χ0n) is 5.69. The van der Waals surface area contributed by atoms with Crippen molar-refractivity contribution in [2.24, 2.45) is 0 Å².